The summed E-state index contributed by atoms with van der Waals surface area (Å²) in [6.07, 6.45) is 1.86. The molecular weight excluding hydrogens is 364 g/mol. The van der Waals surface area contributed by atoms with Gasteiger partial charge in [-0.15, -0.1) is 11.8 Å². The third-order valence-corrected chi connectivity index (χ3v) is 5.92. The number of benzene rings is 2. The van der Waals surface area contributed by atoms with Crippen molar-refractivity contribution in [1.82, 2.24) is 10.2 Å². The standard InChI is InChI=1S/C21H25ClN2OS/c22-19-6-4-5-17(15-19)16-24-12-9-18(10-13-24)21(25)23-11-14-26-20-7-2-1-3-8-20/h1-8,15,18H,9-14,16H2,(H,23,25). The van der Waals surface area contributed by atoms with E-state index in [0.717, 1.165) is 49.8 Å². The molecule has 3 nitrogen and oxygen atoms in total. The summed E-state index contributed by atoms with van der Waals surface area (Å²) in [6.45, 7) is 3.55. The molecule has 0 bridgehead atoms. The second kappa shape index (κ2) is 10.0. The summed E-state index contributed by atoms with van der Waals surface area (Å²) in [7, 11) is 0. The Balaban J connectivity index is 1.34. The van der Waals surface area contributed by atoms with Crippen LogP contribution >= 0.6 is 23.4 Å². The summed E-state index contributed by atoms with van der Waals surface area (Å²) in [5, 5.41) is 3.88. The lowest BCUT2D eigenvalue weighted by atomic mass is 9.95. The van der Waals surface area contributed by atoms with Gasteiger partial charge in [-0.05, 0) is 55.8 Å². The largest absolute Gasteiger partial charge is 0.355 e. The van der Waals surface area contributed by atoms with Crippen molar-refractivity contribution in [3.8, 4) is 0 Å². The van der Waals surface area contributed by atoms with Gasteiger partial charge in [-0.3, -0.25) is 9.69 Å². The monoisotopic (exact) mass is 388 g/mol. The normalized spacial score (nSPS) is 15.7. The smallest absolute Gasteiger partial charge is 0.223 e. The second-order valence-electron chi connectivity index (χ2n) is 6.63. The van der Waals surface area contributed by atoms with Gasteiger partial charge < -0.3 is 5.32 Å². The third-order valence-electron chi connectivity index (χ3n) is 4.67. The summed E-state index contributed by atoms with van der Waals surface area (Å²) >= 11 is 7.83. The van der Waals surface area contributed by atoms with E-state index in [4.69, 9.17) is 11.6 Å². The van der Waals surface area contributed by atoms with E-state index in [0.29, 0.717) is 0 Å². The van der Waals surface area contributed by atoms with Crippen LogP contribution in [0.1, 0.15) is 18.4 Å². The Hall–Kier alpha value is -1.49. The average molecular weight is 389 g/mol. The molecule has 1 aliphatic heterocycles. The number of nitrogens with one attached hydrogen (secondary N) is 1. The Morgan fingerprint density at radius 3 is 2.62 bits per heavy atom. The van der Waals surface area contributed by atoms with Gasteiger partial charge in [-0.1, -0.05) is 41.9 Å². The fourth-order valence-corrected chi connectivity index (χ4v) is 4.25. The van der Waals surface area contributed by atoms with Crippen molar-refractivity contribution in [2.24, 2.45) is 5.92 Å². The molecule has 5 heteroatoms. The Morgan fingerprint density at radius 1 is 1.12 bits per heavy atom. The molecule has 2 aromatic carbocycles. The number of carbonyl (C=O) groups excluding carboxylic acids is 1. The maximum absolute atomic E-state index is 12.4. The summed E-state index contributed by atoms with van der Waals surface area (Å²) in [6, 6.07) is 18.3. The number of halogens is 1. The van der Waals surface area contributed by atoms with Crippen molar-refractivity contribution < 1.29 is 4.79 Å². The van der Waals surface area contributed by atoms with Gasteiger partial charge in [0.15, 0.2) is 0 Å². The van der Waals surface area contributed by atoms with Crippen molar-refractivity contribution in [2.75, 3.05) is 25.4 Å². The number of piperidine rings is 1. The first-order valence-electron chi connectivity index (χ1n) is 9.13. The van der Waals surface area contributed by atoms with Crippen molar-refractivity contribution in [1.29, 1.82) is 0 Å². The number of likely N-dealkylation sites (tertiary alicyclic amines) is 1. The Labute approximate surface area is 165 Å². The molecular formula is C21H25ClN2OS. The van der Waals surface area contributed by atoms with E-state index in [2.05, 4.69) is 28.4 Å². The van der Waals surface area contributed by atoms with E-state index in [1.54, 1.807) is 11.8 Å². The molecule has 1 N–H and O–H groups in total. The fraction of sp³-hybridized carbons (Fsp3) is 0.381. The van der Waals surface area contributed by atoms with Gasteiger partial charge in [-0.2, -0.15) is 0 Å². The van der Waals surface area contributed by atoms with Crippen LogP contribution in [0.2, 0.25) is 5.02 Å². The summed E-state index contributed by atoms with van der Waals surface area (Å²) < 4.78 is 0. The predicted octanol–water partition coefficient (Wildman–Crippen LogP) is 4.46. The number of hydrogen-bond donors (Lipinski definition) is 1. The number of nitrogens with zero attached hydrogens (tertiary/aromatic N) is 1. The summed E-state index contributed by atoms with van der Waals surface area (Å²) in [5.41, 5.74) is 1.23. The molecule has 26 heavy (non-hydrogen) atoms. The molecule has 0 aromatic heterocycles. The van der Waals surface area contributed by atoms with Gasteiger partial charge in [0.05, 0.1) is 0 Å². The molecule has 138 valence electrons. The van der Waals surface area contributed by atoms with Crippen LogP contribution in [0.4, 0.5) is 0 Å². The quantitative estimate of drug-likeness (QED) is 0.561. The van der Waals surface area contributed by atoms with Crippen molar-refractivity contribution in [2.45, 2.75) is 24.3 Å². The zero-order valence-electron chi connectivity index (χ0n) is 14.9. The minimum atomic E-state index is 0.146. The number of rotatable bonds is 7. The molecule has 1 aliphatic rings. The maximum atomic E-state index is 12.4. The number of carbonyl (C=O) groups is 1. The fourth-order valence-electron chi connectivity index (χ4n) is 3.25. The molecule has 3 rings (SSSR count). The van der Waals surface area contributed by atoms with Gasteiger partial charge in [0.2, 0.25) is 5.91 Å². The van der Waals surface area contributed by atoms with Crippen molar-refractivity contribution in [3.05, 3.63) is 65.2 Å². The van der Waals surface area contributed by atoms with E-state index in [1.165, 1.54) is 10.5 Å². The van der Waals surface area contributed by atoms with Crippen LogP contribution in [0.25, 0.3) is 0 Å². The molecule has 0 spiro atoms. The molecule has 0 radical (unpaired) electrons. The minimum absolute atomic E-state index is 0.146. The van der Waals surface area contributed by atoms with Gasteiger partial charge in [0.1, 0.15) is 0 Å². The molecule has 1 heterocycles. The average Bonchev–Trinajstić information content (AvgIpc) is 2.66. The molecule has 0 saturated carbocycles. The van der Waals surface area contributed by atoms with Crippen LogP contribution in [0.3, 0.4) is 0 Å². The van der Waals surface area contributed by atoms with Crippen LogP contribution in [0.5, 0.6) is 0 Å². The lowest BCUT2D eigenvalue weighted by molar-refractivity contribution is -0.126. The van der Waals surface area contributed by atoms with Crippen LogP contribution in [-0.2, 0) is 11.3 Å². The maximum Gasteiger partial charge on any atom is 0.223 e. The molecule has 2 aromatic rings. The molecule has 0 aliphatic carbocycles. The van der Waals surface area contributed by atoms with Gasteiger partial charge in [0, 0.05) is 34.7 Å². The molecule has 1 fully saturated rings. The highest BCUT2D eigenvalue weighted by atomic mass is 35.5. The Kier molecular flexibility index (Phi) is 7.42. The van der Waals surface area contributed by atoms with E-state index in [1.807, 2.05) is 36.4 Å². The van der Waals surface area contributed by atoms with Crippen LogP contribution in [0.15, 0.2) is 59.5 Å². The molecule has 0 unspecified atom stereocenters. The first-order chi connectivity index (χ1) is 12.7. The first kappa shape index (κ1) is 19.3. The highest BCUT2D eigenvalue weighted by Crippen LogP contribution is 2.21. The summed E-state index contributed by atoms with van der Waals surface area (Å²) in [5.74, 6) is 1.26. The van der Waals surface area contributed by atoms with E-state index < -0.39 is 0 Å². The minimum Gasteiger partial charge on any atom is -0.355 e. The zero-order chi connectivity index (χ0) is 18.2. The highest BCUT2D eigenvalue weighted by molar-refractivity contribution is 7.99. The number of thioether (sulfide) groups is 1. The topological polar surface area (TPSA) is 32.3 Å². The Bertz CT molecular complexity index is 702. The highest BCUT2D eigenvalue weighted by Gasteiger charge is 2.24. The first-order valence-corrected chi connectivity index (χ1v) is 10.5. The van der Waals surface area contributed by atoms with E-state index >= 15 is 0 Å². The summed E-state index contributed by atoms with van der Waals surface area (Å²) in [4.78, 5) is 16.0. The molecule has 1 amide bonds. The van der Waals surface area contributed by atoms with Gasteiger partial charge in [-0.25, -0.2) is 0 Å². The third kappa shape index (κ3) is 6.04. The Morgan fingerprint density at radius 2 is 1.88 bits per heavy atom. The van der Waals surface area contributed by atoms with Gasteiger partial charge >= 0.3 is 0 Å². The molecule has 1 saturated heterocycles. The van der Waals surface area contributed by atoms with Crippen LogP contribution in [0, 0.1) is 5.92 Å². The second-order valence-corrected chi connectivity index (χ2v) is 8.24. The van der Waals surface area contributed by atoms with E-state index in [9.17, 15) is 4.79 Å². The number of hydrogen-bond acceptors (Lipinski definition) is 3. The van der Waals surface area contributed by atoms with Gasteiger partial charge in [0.25, 0.3) is 0 Å². The lowest BCUT2D eigenvalue weighted by Gasteiger charge is -2.31. The lowest BCUT2D eigenvalue weighted by Crippen LogP contribution is -2.40. The number of amides is 1. The predicted molar refractivity (Wildman–Crippen MR) is 110 cm³/mol. The zero-order valence-corrected chi connectivity index (χ0v) is 16.4. The van der Waals surface area contributed by atoms with Crippen LogP contribution in [-0.4, -0.2) is 36.2 Å². The van der Waals surface area contributed by atoms with Crippen LogP contribution < -0.4 is 5.32 Å². The molecule has 0 atom stereocenters. The SMILES string of the molecule is O=C(NCCSc1ccccc1)C1CCN(Cc2cccc(Cl)c2)CC1. The van der Waals surface area contributed by atoms with Crippen molar-refractivity contribution >= 4 is 29.3 Å². The van der Waals surface area contributed by atoms with Crippen molar-refractivity contribution in [3.63, 3.8) is 0 Å². The van der Waals surface area contributed by atoms with E-state index in [-0.39, 0.29) is 11.8 Å².